The first-order valence-corrected chi connectivity index (χ1v) is 10.6. The van der Waals surface area contributed by atoms with Gasteiger partial charge < -0.3 is 14.6 Å². The van der Waals surface area contributed by atoms with E-state index in [2.05, 4.69) is 20.0 Å². The van der Waals surface area contributed by atoms with Gasteiger partial charge in [0.05, 0.1) is 28.3 Å². The van der Waals surface area contributed by atoms with Crippen LogP contribution in [0.3, 0.4) is 0 Å². The molecule has 0 aliphatic carbocycles. The summed E-state index contributed by atoms with van der Waals surface area (Å²) < 4.78 is 73.3. The Bertz CT molecular complexity index is 1200. The fraction of sp³-hybridized carbons (Fsp3) is 0.150. The number of pyridine rings is 2. The van der Waals surface area contributed by atoms with Gasteiger partial charge in [0, 0.05) is 18.8 Å². The number of carbonyl (C=O) groups excluding carboxylic acids is 1. The van der Waals surface area contributed by atoms with Crippen molar-refractivity contribution in [2.24, 2.45) is 0 Å². The van der Waals surface area contributed by atoms with Crippen LogP contribution in [0.1, 0.15) is 21.7 Å². The number of benzene rings is 1. The number of nitrogens with zero attached hydrogens (tertiary/aromatic N) is 2. The highest BCUT2D eigenvalue weighted by molar-refractivity contribution is 7.89. The van der Waals surface area contributed by atoms with Gasteiger partial charge in [0.2, 0.25) is 5.95 Å². The van der Waals surface area contributed by atoms with Gasteiger partial charge in [0.15, 0.2) is 16.3 Å². The third-order valence-electron chi connectivity index (χ3n) is 4.19. The van der Waals surface area contributed by atoms with Gasteiger partial charge in [-0.2, -0.15) is 17.6 Å². The fourth-order valence-corrected chi connectivity index (χ4v) is 3.71. The van der Waals surface area contributed by atoms with Crippen LogP contribution >= 0.6 is 11.6 Å². The highest BCUT2D eigenvalue weighted by atomic mass is 35.5. The van der Waals surface area contributed by atoms with Gasteiger partial charge in [-0.15, -0.1) is 4.72 Å². The maximum absolute atomic E-state index is 13.4. The van der Waals surface area contributed by atoms with Crippen molar-refractivity contribution in [3.63, 3.8) is 0 Å². The molecule has 1 atom stereocenters. The Hall–Kier alpha value is -2.93. The number of aromatic nitrogens is 2. The van der Waals surface area contributed by atoms with Crippen LogP contribution in [0.2, 0.25) is 5.02 Å². The van der Waals surface area contributed by atoms with E-state index in [4.69, 9.17) is 16.3 Å². The predicted molar refractivity (Wildman–Crippen MR) is 113 cm³/mol. The van der Waals surface area contributed by atoms with Crippen LogP contribution < -0.4 is 14.8 Å². The lowest BCUT2D eigenvalue weighted by Gasteiger charge is -2.17. The van der Waals surface area contributed by atoms with Gasteiger partial charge in [-0.1, -0.05) is 17.7 Å². The number of amides is 1. The van der Waals surface area contributed by atoms with Gasteiger partial charge in [-0.25, -0.2) is 9.97 Å². The van der Waals surface area contributed by atoms with Gasteiger partial charge in [-0.05, 0) is 31.2 Å². The molecule has 2 N–H and O–H groups in total. The number of rotatable bonds is 6. The molecular weight excluding hydrogens is 488 g/mol. The molecule has 13 heteroatoms. The van der Waals surface area contributed by atoms with Crippen LogP contribution in [-0.4, -0.2) is 27.5 Å². The first-order valence-electron chi connectivity index (χ1n) is 9.08. The molecule has 3 aromatic rings. The van der Waals surface area contributed by atoms with Crippen molar-refractivity contribution < 1.29 is 31.6 Å². The summed E-state index contributed by atoms with van der Waals surface area (Å²) in [6.45, 7) is 1.41. The minimum atomic E-state index is -4.94. The number of ether oxygens (including phenoxy) is 1. The summed E-state index contributed by atoms with van der Waals surface area (Å²) in [5, 5.41) is 1.42. The van der Waals surface area contributed by atoms with Crippen LogP contribution in [0.15, 0.2) is 47.5 Å². The number of halogens is 5. The molecule has 0 unspecified atom stereocenters. The van der Waals surface area contributed by atoms with Crippen LogP contribution in [0, 0.1) is 12.9 Å². The van der Waals surface area contributed by atoms with E-state index in [-0.39, 0.29) is 17.1 Å². The van der Waals surface area contributed by atoms with Crippen molar-refractivity contribution in [3.8, 4) is 11.5 Å². The number of anilines is 1. The number of aryl methyl sites for hydroxylation is 1. The molecule has 2 aromatic heterocycles. The second kappa shape index (κ2) is 9.91. The average Bonchev–Trinajstić information content (AvgIpc) is 2.74. The SMILES string of the molecule is CN[S@+]([O-])c1cccc(NC(=O)c2c(Oc3ccc(F)nc3C)cnc(C(F)(F)F)c2Cl)c1. The molecule has 0 radical (unpaired) electrons. The monoisotopic (exact) mass is 502 g/mol. The average molecular weight is 503 g/mol. The molecule has 174 valence electrons. The Balaban J connectivity index is 2.04. The zero-order valence-corrected chi connectivity index (χ0v) is 18.5. The first kappa shape index (κ1) is 24.7. The number of carbonyl (C=O) groups is 1. The molecule has 0 saturated heterocycles. The van der Waals surface area contributed by atoms with Gasteiger partial charge in [-0.3, -0.25) is 4.79 Å². The molecule has 0 spiro atoms. The summed E-state index contributed by atoms with van der Waals surface area (Å²) in [6, 6.07) is 8.03. The normalized spacial score (nSPS) is 12.4. The summed E-state index contributed by atoms with van der Waals surface area (Å²) in [5.74, 6) is -2.25. The van der Waals surface area contributed by atoms with E-state index in [0.29, 0.717) is 11.1 Å². The standard InChI is InChI=1S/C20H15ClF4N4O3S/c1-10-13(6-7-15(22)28-10)32-14-9-27-18(20(23,24)25)17(21)16(14)19(30)29-11-4-3-5-12(8-11)33(31)26-2/h3-9,26H,1-2H3,(H,29,30)/t33-/m1/s1. The van der Waals surface area contributed by atoms with Crippen molar-refractivity contribution in [1.82, 2.24) is 14.7 Å². The maximum atomic E-state index is 13.4. The molecule has 3 rings (SSSR count). The molecule has 0 aliphatic rings. The lowest BCUT2D eigenvalue weighted by Crippen LogP contribution is -2.20. The van der Waals surface area contributed by atoms with Crippen molar-refractivity contribution >= 4 is 34.6 Å². The Morgan fingerprint density at radius 3 is 2.58 bits per heavy atom. The van der Waals surface area contributed by atoms with Crippen LogP contribution in [0.5, 0.6) is 11.5 Å². The number of nitrogens with one attached hydrogen (secondary N) is 2. The Morgan fingerprint density at radius 1 is 1.21 bits per heavy atom. The lowest BCUT2D eigenvalue weighted by molar-refractivity contribution is -0.141. The van der Waals surface area contributed by atoms with Crippen LogP contribution in [-0.2, 0) is 17.5 Å². The van der Waals surface area contributed by atoms with E-state index in [1.165, 1.54) is 44.3 Å². The predicted octanol–water partition coefficient (Wildman–Crippen LogP) is 4.88. The van der Waals surface area contributed by atoms with Crippen molar-refractivity contribution in [2.45, 2.75) is 18.0 Å². The summed E-state index contributed by atoms with van der Waals surface area (Å²) in [4.78, 5) is 20.1. The third-order valence-corrected chi connectivity index (χ3v) is 5.62. The molecule has 1 amide bonds. The van der Waals surface area contributed by atoms with Crippen molar-refractivity contribution in [1.29, 1.82) is 0 Å². The summed E-state index contributed by atoms with van der Waals surface area (Å²) in [5.41, 5.74) is -1.91. The van der Waals surface area contributed by atoms with Crippen molar-refractivity contribution in [2.75, 3.05) is 12.4 Å². The molecule has 1 aromatic carbocycles. The number of hydrogen-bond acceptors (Lipinski definition) is 6. The molecule has 33 heavy (non-hydrogen) atoms. The fourth-order valence-electron chi connectivity index (χ4n) is 2.70. The highest BCUT2D eigenvalue weighted by Crippen LogP contribution is 2.39. The van der Waals surface area contributed by atoms with E-state index >= 15 is 0 Å². The molecule has 0 fully saturated rings. The summed E-state index contributed by atoms with van der Waals surface area (Å²) >= 11 is 4.37. The Morgan fingerprint density at radius 2 is 1.94 bits per heavy atom. The molecule has 2 heterocycles. The van der Waals surface area contributed by atoms with Gasteiger partial charge >= 0.3 is 6.18 Å². The molecule has 0 aliphatic heterocycles. The minimum Gasteiger partial charge on any atom is -0.593 e. The smallest absolute Gasteiger partial charge is 0.434 e. The molecule has 7 nitrogen and oxygen atoms in total. The van der Waals surface area contributed by atoms with Crippen LogP contribution in [0.25, 0.3) is 0 Å². The van der Waals surface area contributed by atoms with E-state index in [0.717, 1.165) is 6.07 Å². The minimum absolute atomic E-state index is 0.0190. The first-order chi connectivity index (χ1) is 15.5. The quantitative estimate of drug-likeness (QED) is 0.283. The van der Waals surface area contributed by atoms with E-state index in [1.807, 2.05) is 0 Å². The maximum Gasteiger partial charge on any atom is 0.434 e. The summed E-state index contributed by atoms with van der Waals surface area (Å²) in [7, 11) is 1.46. The number of hydrogen-bond donors (Lipinski definition) is 2. The van der Waals surface area contributed by atoms with Gasteiger partial charge in [0.25, 0.3) is 5.91 Å². The van der Waals surface area contributed by atoms with E-state index in [9.17, 15) is 26.9 Å². The zero-order valence-electron chi connectivity index (χ0n) is 17.0. The third kappa shape index (κ3) is 5.71. The topological polar surface area (TPSA) is 99.2 Å². The number of alkyl halides is 3. The molecule has 0 saturated carbocycles. The lowest BCUT2D eigenvalue weighted by atomic mass is 10.1. The molecule has 0 bridgehead atoms. The van der Waals surface area contributed by atoms with Crippen LogP contribution in [0.4, 0.5) is 23.2 Å². The zero-order chi connectivity index (χ0) is 24.3. The van der Waals surface area contributed by atoms with E-state index < -0.39 is 51.4 Å². The van der Waals surface area contributed by atoms with E-state index in [1.54, 1.807) is 0 Å². The Kier molecular flexibility index (Phi) is 7.42. The second-order valence-corrected chi connectivity index (χ2v) is 8.23. The highest BCUT2D eigenvalue weighted by Gasteiger charge is 2.38. The van der Waals surface area contributed by atoms with Crippen molar-refractivity contribution in [3.05, 3.63) is 70.5 Å². The largest absolute Gasteiger partial charge is 0.593 e. The van der Waals surface area contributed by atoms with Gasteiger partial charge in [0.1, 0.15) is 11.3 Å². The molecular formula is C20H15ClF4N4O3S. The second-order valence-electron chi connectivity index (χ2n) is 6.43. The Labute approximate surface area is 193 Å². The summed E-state index contributed by atoms with van der Waals surface area (Å²) in [6.07, 6.45) is -4.25.